The summed E-state index contributed by atoms with van der Waals surface area (Å²) in [5.74, 6) is -1.56. The molecule has 1 aromatic rings. The van der Waals surface area contributed by atoms with Gasteiger partial charge >= 0.3 is 5.97 Å². The lowest BCUT2D eigenvalue weighted by Crippen LogP contribution is -2.22. The average Bonchev–Trinajstić information content (AvgIpc) is 2.36. The highest BCUT2D eigenvalue weighted by molar-refractivity contribution is 5.95. The molecule has 0 saturated carbocycles. The van der Waals surface area contributed by atoms with Crippen LogP contribution in [0.1, 0.15) is 17.3 Å². The molecule has 0 aliphatic carbocycles. The quantitative estimate of drug-likeness (QED) is 0.518. The van der Waals surface area contributed by atoms with Crippen molar-refractivity contribution in [3.05, 3.63) is 33.9 Å². The van der Waals surface area contributed by atoms with Gasteiger partial charge in [0.25, 0.3) is 11.6 Å². The van der Waals surface area contributed by atoms with Crippen LogP contribution in [0.4, 0.5) is 11.4 Å². The second kappa shape index (κ2) is 6.34. The van der Waals surface area contributed by atoms with E-state index in [4.69, 9.17) is 5.11 Å². The highest BCUT2D eigenvalue weighted by Gasteiger charge is 2.17. The minimum absolute atomic E-state index is 0.0560. The number of carboxylic acid groups (broad SMARTS) is 1. The maximum atomic E-state index is 11.5. The van der Waals surface area contributed by atoms with Crippen LogP contribution in [-0.2, 0) is 4.79 Å². The van der Waals surface area contributed by atoms with Crippen LogP contribution in [0.2, 0.25) is 0 Å². The molecule has 0 radical (unpaired) electrons. The van der Waals surface area contributed by atoms with Crippen molar-refractivity contribution in [1.29, 1.82) is 0 Å². The number of nitro benzene ring substituents is 1. The van der Waals surface area contributed by atoms with E-state index in [1.165, 1.54) is 12.1 Å². The number of benzene rings is 1. The maximum absolute atomic E-state index is 11.5. The highest BCUT2D eigenvalue weighted by Crippen LogP contribution is 2.25. The first kappa shape index (κ1) is 14.4. The lowest BCUT2D eigenvalue weighted by atomic mass is 10.1. The summed E-state index contributed by atoms with van der Waals surface area (Å²) in [5, 5.41) is 24.3. The minimum Gasteiger partial charge on any atom is -0.480 e. The van der Waals surface area contributed by atoms with Gasteiger partial charge in [0.15, 0.2) is 0 Å². The number of nitro groups is 1. The molecule has 0 heterocycles. The van der Waals surface area contributed by atoms with Gasteiger partial charge in [-0.15, -0.1) is 0 Å². The van der Waals surface area contributed by atoms with Crippen molar-refractivity contribution in [1.82, 2.24) is 5.32 Å². The van der Waals surface area contributed by atoms with Gasteiger partial charge in [-0.3, -0.25) is 19.7 Å². The van der Waals surface area contributed by atoms with Crippen molar-refractivity contribution < 1.29 is 19.6 Å². The fourth-order valence-corrected chi connectivity index (χ4v) is 1.41. The topological polar surface area (TPSA) is 122 Å². The first-order chi connectivity index (χ1) is 8.95. The predicted molar refractivity (Wildman–Crippen MR) is 67.2 cm³/mol. The number of carbonyl (C=O) groups is 2. The van der Waals surface area contributed by atoms with Gasteiger partial charge in [0.2, 0.25) is 0 Å². The molecule has 0 bridgehead atoms. The normalized spacial score (nSPS) is 9.74. The van der Waals surface area contributed by atoms with E-state index in [0.717, 1.165) is 6.07 Å². The number of nitrogens with zero attached hydrogens (tertiary/aromatic N) is 1. The number of carbonyl (C=O) groups excluding carboxylic acids is 1. The molecule has 102 valence electrons. The molecular formula is C11H13N3O5. The van der Waals surface area contributed by atoms with Gasteiger partial charge in [-0.05, 0) is 19.1 Å². The van der Waals surface area contributed by atoms with E-state index < -0.39 is 23.3 Å². The summed E-state index contributed by atoms with van der Waals surface area (Å²) >= 11 is 0. The first-order valence-corrected chi connectivity index (χ1v) is 5.48. The number of hydrogen-bond acceptors (Lipinski definition) is 5. The smallest absolute Gasteiger partial charge is 0.322 e. The second-order valence-corrected chi connectivity index (χ2v) is 3.60. The lowest BCUT2D eigenvalue weighted by Gasteiger charge is -2.07. The molecule has 0 spiro atoms. The highest BCUT2D eigenvalue weighted by atomic mass is 16.6. The fraction of sp³-hybridized carbons (Fsp3) is 0.273. The van der Waals surface area contributed by atoms with E-state index in [0.29, 0.717) is 6.54 Å². The van der Waals surface area contributed by atoms with Crippen molar-refractivity contribution in [3.8, 4) is 0 Å². The van der Waals surface area contributed by atoms with Gasteiger partial charge in [-0.1, -0.05) is 0 Å². The van der Waals surface area contributed by atoms with Crippen molar-refractivity contribution >= 4 is 23.3 Å². The molecule has 0 saturated heterocycles. The number of carboxylic acids is 1. The third kappa shape index (κ3) is 3.95. The zero-order chi connectivity index (χ0) is 14.4. The average molecular weight is 267 g/mol. The van der Waals surface area contributed by atoms with Crippen molar-refractivity contribution in [2.24, 2.45) is 0 Å². The number of nitrogens with one attached hydrogen (secondary N) is 2. The van der Waals surface area contributed by atoms with Crippen LogP contribution in [0, 0.1) is 10.1 Å². The Kier molecular flexibility index (Phi) is 4.81. The summed E-state index contributed by atoms with van der Waals surface area (Å²) in [6, 6.07) is 3.81. The number of rotatable bonds is 6. The van der Waals surface area contributed by atoms with Crippen LogP contribution in [0.5, 0.6) is 0 Å². The first-order valence-electron chi connectivity index (χ1n) is 5.48. The zero-order valence-electron chi connectivity index (χ0n) is 10.2. The molecule has 0 aliphatic rings. The van der Waals surface area contributed by atoms with E-state index in [1.54, 1.807) is 6.92 Å². The minimum atomic E-state index is -1.14. The third-order valence-corrected chi connectivity index (χ3v) is 2.22. The Morgan fingerprint density at radius 3 is 2.63 bits per heavy atom. The van der Waals surface area contributed by atoms with Gasteiger partial charge < -0.3 is 15.7 Å². The van der Waals surface area contributed by atoms with Gasteiger partial charge in [0, 0.05) is 18.2 Å². The van der Waals surface area contributed by atoms with E-state index in [2.05, 4.69) is 10.6 Å². The van der Waals surface area contributed by atoms with E-state index in [-0.39, 0.29) is 16.9 Å². The van der Waals surface area contributed by atoms with Gasteiger partial charge in [0.1, 0.15) is 12.2 Å². The molecular weight excluding hydrogens is 254 g/mol. The van der Waals surface area contributed by atoms with Gasteiger partial charge in [-0.25, -0.2) is 0 Å². The van der Waals surface area contributed by atoms with Crippen LogP contribution in [0.25, 0.3) is 0 Å². The molecule has 3 N–H and O–H groups in total. The molecule has 19 heavy (non-hydrogen) atoms. The molecule has 1 amide bonds. The predicted octanol–water partition coefficient (Wildman–Crippen LogP) is 0.841. The summed E-state index contributed by atoms with van der Waals surface area (Å²) in [4.78, 5) is 32.2. The van der Waals surface area contributed by atoms with Crippen LogP contribution in [-0.4, -0.2) is 35.0 Å². The molecule has 1 aromatic carbocycles. The van der Waals surface area contributed by atoms with Crippen LogP contribution in [0.3, 0.4) is 0 Å². The Morgan fingerprint density at radius 1 is 1.42 bits per heavy atom. The summed E-state index contributed by atoms with van der Waals surface area (Å²) in [6.07, 6.45) is 0. The Bertz CT molecular complexity index is 515. The summed E-state index contributed by atoms with van der Waals surface area (Å²) in [5.41, 5.74) is -0.139. The molecule has 0 unspecified atom stereocenters. The molecule has 0 aliphatic heterocycles. The van der Waals surface area contributed by atoms with E-state index >= 15 is 0 Å². The maximum Gasteiger partial charge on any atom is 0.322 e. The fourth-order valence-electron chi connectivity index (χ4n) is 1.41. The summed E-state index contributed by atoms with van der Waals surface area (Å²) in [6.45, 7) is 1.70. The summed E-state index contributed by atoms with van der Waals surface area (Å²) < 4.78 is 0. The lowest BCUT2D eigenvalue weighted by molar-refractivity contribution is -0.384. The third-order valence-electron chi connectivity index (χ3n) is 2.22. The Labute approximate surface area is 108 Å². The van der Waals surface area contributed by atoms with Crippen LogP contribution in [0.15, 0.2) is 18.2 Å². The summed E-state index contributed by atoms with van der Waals surface area (Å²) in [7, 11) is 0. The Balaban J connectivity index is 3.04. The molecule has 8 heteroatoms. The standard InChI is InChI=1S/C11H13N3O5/c1-2-12-11(17)7-3-4-8(13-6-10(15)16)9(5-7)14(18)19/h3-5,13H,2,6H2,1H3,(H,12,17)(H,15,16). The largest absolute Gasteiger partial charge is 0.480 e. The number of aliphatic carboxylic acids is 1. The molecule has 1 rings (SSSR count). The molecule has 0 fully saturated rings. The van der Waals surface area contributed by atoms with Gasteiger partial charge in [0.05, 0.1) is 4.92 Å². The van der Waals surface area contributed by atoms with Crippen molar-refractivity contribution in [2.45, 2.75) is 6.92 Å². The monoisotopic (exact) mass is 267 g/mol. The van der Waals surface area contributed by atoms with Crippen molar-refractivity contribution in [3.63, 3.8) is 0 Å². The SMILES string of the molecule is CCNC(=O)c1ccc(NCC(=O)O)c([N+](=O)[O-])c1. The zero-order valence-corrected chi connectivity index (χ0v) is 10.2. The van der Waals surface area contributed by atoms with E-state index in [9.17, 15) is 19.7 Å². The molecule has 0 atom stereocenters. The second-order valence-electron chi connectivity index (χ2n) is 3.60. The van der Waals surface area contributed by atoms with E-state index in [1.807, 2.05) is 0 Å². The van der Waals surface area contributed by atoms with Crippen LogP contribution < -0.4 is 10.6 Å². The number of anilines is 1. The number of hydrogen-bond donors (Lipinski definition) is 3. The van der Waals surface area contributed by atoms with Crippen molar-refractivity contribution in [2.75, 3.05) is 18.4 Å². The Morgan fingerprint density at radius 2 is 2.11 bits per heavy atom. The molecule has 0 aromatic heterocycles. The van der Waals surface area contributed by atoms with Crippen LogP contribution >= 0.6 is 0 Å². The Hall–Kier alpha value is -2.64. The number of amides is 1. The van der Waals surface area contributed by atoms with Gasteiger partial charge in [-0.2, -0.15) is 0 Å². The molecule has 8 nitrogen and oxygen atoms in total.